The number of benzene rings is 1. The topological polar surface area (TPSA) is 199 Å². The standard InChI is InChI=1S/C55H63N11O7/c1-31-22-35(15-17-62(31)36-8-10-39-40(25-36)52(70)66(51(39)69)42-11-13-46(67)60-49(42)68)61-18-19-63(32(2)30-61)37-9-12-45(57-29-37)59-41-23-34(28-58-50(41)73-7)38-14-16-56-48(47(38)55(5,6)72)65-21-20-64-43(53(65)71)24-33-26-54(3,4)27-44(33)64/h8-10,12,14,16,23-25,28-29,31-32,35,42,72H,11,13,15,17-22,26-27,30H2,1-7H3,(H,57,59)(H,60,67,68)/t31-,32-,35?,42-/m0/s1. The normalized spacial score (nSPS) is 23.2. The van der Waals surface area contributed by atoms with Crippen LogP contribution >= 0.6 is 0 Å². The van der Waals surface area contributed by atoms with Crippen molar-refractivity contribution in [1.29, 1.82) is 0 Å². The fourth-order valence-electron chi connectivity index (χ4n) is 12.4. The molecule has 0 spiro atoms. The van der Waals surface area contributed by atoms with Crippen molar-refractivity contribution in [2.75, 3.05) is 59.9 Å². The quantitative estimate of drug-likeness (QED) is 0.136. The van der Waals surface area contributed by atoms with Crippen molar-refractivity contribution < 1.29 is 33.8 Å². The van der Waals surface area contributed by atoms with Crippen molar-refractivity contribution in [2.24, 2.45) is 5.41 Å². The number of amides is 5. The Morgan fingerprint density at radius 1 is 0.795 bits per heavy atom. The molecule has 0 saturated carbocycles. The molecule has 73 heavy (non-hydrogen) atoms. The first-order valence-electron chi connectivity index (χ1n) is 25.5. The molecule has 5 amide bonds. The van der Waals surface area contributed by atoms with Gasteiger partial charge in [-0.1, -0.05) is 13.8 Å². The van der Waals surface area contributed by atoms with Crippen LogP contribution in [0.4, 0.5) is 28.7 Å². The molecule has 1 aromatic carbocycles. The van der Waals surface area contributed by atoms with Crippen molar-refractivity contribution in [2.45, 2.75) is 116 Å². The number of imide groups is 2. The van der Waals surface area contributed by atoms with Gasteiger partial charge in [0.2, 0.25) is 17.7 Å². The Kier molecular flexibility index (Phi) is 11.9. The highest BCUT2D eigenvalue weighted by Gasteiger charge is 2.46. The third-order valence-corrected chi connectivity index (χ3v) is 15.9. The van der Waals surface area contributed by atoms with Gasteiger partial charge in [-0.25, -0.2) is 15.0 Å². The Hall–Kier alpha value is -7.18. The third-order valence-electron chi connectivity index (χ3n) is 15.9. The number of piperidine rings is 2. The average Bonchev–Trinajstić information content (AvgIpc) is 3.94. The van der Waals surface area contributed by atoms with Gasteiger partial charge in [-0.3, -0.25) is 44.0 Å². The molecule has 9 heterocycles. The molecule has 4 aromatic heterocycles. The number of ether oxygens (including phenoxy) is 1. The molecule has 1 aliphatic carbocycles. The van der Waals surface area contributed by atoms with Gasteiger partial charge >= 0.3 is 0 Å². The summed E-state index contributed by atoms with van der Waals surface area (Å²) in [6.07, 6.45) is 9.24. The van der Waals surface area contributed by atoms with Gasteiger partial charge in [0, 0.05) is 98.7 Å². The summed E-state index contributed by atoms with van der Waals surface area (Å²) >= 11 is 0. The molecular formula is C55H63N11O7. The zero-order valence-corrected chi connectivity index (χ0v) is 42.6. The number of rotatable bonds is 10. The lowest BCUT2D eigenvalue weighted by Gasteiger charge is -2.48. The predicted molar refractivity (Wildman–Crippen MR) is 275 cm³/mol. The molecule has 4 atom stereocenters. The first-order chi connectivity index (χ1) is 34.9. The van der Waals surface area contributed by atoms with Crippen molar-refractivity contribution in [1.82, 2.24) is 34.6 Å². The van der Waals surface area contributed by atoms with E-state index in [0.29, 0.717) is 70.3 Å². The summed E-state index contributed by atoms with van der Waals surface area (Å²) in [5.41, 5.74) is 6.96. The Morgan fingerprint density at radius 2 is 1.58 bits per heavy atom. The molecule has 18 heteroatoms. The number of nitrogens with zero attached hydrogens (tertiary/aromatic N) is 9. The minimum Gasteiger partial charge on any atom is -0.480 e. The Bertz CT molecular complexity index is 3090. The lowest BCUT2D eigenvalue weighted by Crippen LogP contribution is -2.58. The van der Waals surface area contributed by atoms with Gasteiger partial charge in [-0.05, 0) is 125 Å². The number of nitrogens with one attached hydrogen (secondary N) is 2. The fourth-order valence-corrected chi connectivity index (χ4v) is 12.4. The zero-order chi connectivity index (χ0) is 51.2. The van der Waals surface area contributed by atoms with Gasteiger partial charge in [-0.15, -0.1) is 0 Å². The molecule has 0 radical (unpaired) electrons. The molecule has 1 unspecified atom stereocenters. The monoisotopic (exact) mass is 989 g/mol. The zero-order valence-electron chi connectivity index (χ0n) is 42.6. The summed E-state index contributed by atoms with van der Waals surface area (Å²) in [6.45, 7) is 16.9. The summed E-state index contributed by atoms with van der Waals surface area (Å²) in [6, 6.07) is 15.0. The summed E-state index contributed by atoms with van der Waals surface area (Å²) < 4.78 is 7.89. The van der Waals surface area contributed by atoms with Crippen LogP contribution in [0, 0.1) is 5.41 Å². The SMILES string of the molecule is COc1ncc(-c2ccnc(N3CCn4c(cc5c4CC(C)(C)C5)C3=O)c2C(C)(C)O)cc1Nc1ccc(N2CCN(C3CCN(c4ccc5c(c4)C(=O)N([C@H]4CCC(=O)NC4=O)C5=O)[C@@H](C)C3)C[C@@H]2C)cn1. The van der Waals surface area contributed by atoms with E-state index in [0.717, 1.165) is 68.1 Å². The summed E-state index contributed by atoms with van der Waals surface area (Å²) in [5.74, 6) is -0.728. The number of aliphatic hydroxyl groups is 1. The lowest BCUT2D eigenvalue weighted by atomic mass is 9.89. The molecule has 3 fully saturated rings. The molecule has 5 aliphatic heterocycles. The lowest BCUT2D eigenvalue weighted by molar-refractivity contribution is -0.136. The van der Waals surface area contributed by atoms with Crippen LogP contribution in [0.1, 0.15) is 115 Å². The highest BCUT2D eigenvalue weighted by molar-refractivity contribution is 6.23. The maximum absolute atomic E-state index is 14.2. The molecule has 5 aromatic rings. The average molecular weight is 990 g/mol. The van der Waals surface area contributed by atoms with E-state index in [1.165, 1.54) is 11.3 Å². The van der Waals surface area contributed by atoms with E-state index in [1.807, 2.05) is 36.5 Å². The van der Waals surface area contributed by atoms with Gasteiger partial charge in [0.25, 0.3) is 17.7 Å². The minimum atomic E-state index is -1.36. The van der Waals surface area contributed by atoms with Crippen molar-refractivity contribution in [3.8, 4) is 17.0 Å². The molecular weight excluding hydrogens is 927 g/mol. The van der Waals surface area contributed by atoms with Crippen molar-refractivity contribution in [3.05, 3.63) is 101 Å². The highest BCUT2D eigenvalue weighted by atomic mass is 16.5. The van der Waals surface area contributed by atoms with Gasteiger partial charge in [0.05, 0.1) is 35.7 Å². The highest BCUT2D eigenvalue weighted by Crippen LogP contribution is 2.43. The van der Waals surface area contributed by atoms with Crippen LogP contribution in [-0.2, 0) is 34.6 Å². The van der Waals surface area contributed by atoms with Crippen molar-refractivity contribution in [3.63, 3.8) is 0 Å². The van der Waals surface area contributed by atoms with Gasteiger partial charge < -0.3 is 29.5 Å². The van der Waals surface area contributed by atoms with E-state index in [9.17, 15) is 29.1 Å². The maximum Gasteiger partial charge on any atom is 0.276 e. The smallest absolute Gasteiger partial charge is 0.276 e. The van der Waals surface area contributed by atoms with Crippen LogP contribution in [0.25, 0.3) is 11.1 Å². The van der Waals surface area contributed by atoms with Crippen LogP contribution < -0.4 is 30.1 Å². The van der Waals surface area contributed by atoms with E-state index in [-0.39, 0.29) is 41.8 Å². The molecule has 0 bridgehead atoms. The molecule has 3 saturated heterocycles. The molecule has 3 N–H and O–H groups in total. The van der Waals surface area contributed by atoms with Gasteiger partial charge in [0.1, 0.15) is 29.1 Å². The number of methoxy groups -OCH3 is 1. The Morgan fingerprint density at radius 3 is 2.30 bits per heavy atom. The van der Waals surface area contributed by atoms with Crippen molar-refractivity contribution >= 4 is 58.2 Å². The van der Waals surface area contributed by atoms with E-state index < -0.39 is 35.3 Å². The number of hydrogen-bond donors (Lipinski definition) is 3. The minimum absolute atomic E-state index is 0.0791. The van der Waals surface area contributed by atoms with E-state index in [4.69, 9.17) is 14.7 Å². The number of fused-ring (bicyclic) bond motifs is 4. The molecule has 6 aliphatic rings. The van der Waals surface area contributed by atoms with Crippen LogP contribution in [0.5, 0.6) is 5.88 Å². The summed E-state index contributed by atoms with van der Waals surface area (Å²) in [4.78, 5) is 89.7. The van der Waals surface area contributed by atoms with Gasteiger partial charge in [0.15, 0.2) is 0 Å². The second-order valence-corrected chi connectivity index (χ2v) is 22.0. The summed E-state index contributed by atoms with van der Waals surface area (Å²) in [7, 11) is 1.57. The largest absolute Gasteiger partial charge is 0.480 e. The number of hydrogen-bond acceptors (Lipinski definition) is 14. The number of carbonyl (C=O) groups is 5. The van der Waals surface area contributed by atoms with E-state index in [2.05, 4.69) is 68.6 Å². The third kappa shape index (κ3) is 8.56. The van der Waals surface area contributed by atoms with Crippen LogP contribution in [0.3, 0.4) is 0 Å². The second kappa shape index (κ2) is 18.1. The number of piperazine rings is 1. The second-order valence-electron chi connectivity index (χ2n) is 22.0. The Labute approximate surface area is 424 Å². The van der Waals surface area contributed by atoms with Crippen LogP contribution in [-0.4, -0.2) is 128 Å². The first kappa shape index (κ1) is 48.1. The number of pyridine rings is 3. The number of aromatic nitrogens is 4. The summed E-state index contributed by atoms with van der Waals surface area (Å²) in [5, 5.41) is 17.4. The van der Waals surface area contributed by atoms with Crippen LogP contribution in [0.15, 0.2) is 67.1 Å². The first-order valence-corrected chi connectivity index (χ1v) is 25.5. The maximum atomic E-state index is 14.2. The predicted octanol–water partition coefficient (Wildman–Crippen LogP) is 6.07. The molecule has 11 rings (SSSR count). The molecule has 18 nitrogen and oxygen atoms in total. The number of carbonyl (C=O) groups excluding carboxylic acids is 5. The van der Waals surface area contributed by atoms with Crippen LogP contribution in [0.2, 0.25) is 0 Å². The van der Waals surface area contributed by atoms with Gasteiger partial charge in [-0.2, -0.15) is 0 Å². The van der Waals surface area contributed by atoms with E-state index >= 15 is 0 Å². The Balaban J connectivity index is 0.739. The fraction of sp³-hybridized carbons (Fsp3) is 0.455. The number of anilines is 5. The molecule has 380 valence electrons. The van der Waals surface area contributed by atoms with E-state index in [1.54, 1.807) is 50.4 Å².